The molecule has 0 radical (unpaired) electrons. The summed E-state index contributed by atoms with van der Waals surface area (Å²) < 4.78 is 0. The molecule has 2 aromatic rings. The van der Waals surface area contributed by atoms with Crippen molar-refractivity contribution in [3.8, 4) is 0 Å². The van der Waals surface area contributed by atoms with Gasteiger partial charge in [0, 0.05) is 41.4 Å². The highest BCUT2D eigenvalue weighted by molar-refractivity contribution is 7.80. The van der Waals surface area contributed by atoms with E-state index in [1.165, 1.54) is 0 Å². The fourth-order valence-electron chi connectivity index (χ4n) is 1.96. The lowest BCUT2D eigenvalue weighted by Crippen LogP contribution is -2.13. The molecule has 1 aromatic heterocycles. The molecular weight excluding hydrogens is 266 g/mol. The van der Waals surface area contributed by atoms with Crippen molar-refractivity contribution in [3.63, 3.8) is 0 Å². The van der Waals surface area contributed by atoms with Gasteiger partial charge in [-0.05, 0) is 25.1 Å². The second-order valence-corrected chi connectivity index (χ2v) is 5.27. The van der Waals surface area contributed by atoms with Gasteiger partial charge in [0.05, 0.1) is 5.52 Å². The molecule has 0 aliphatic heterocycles. The SMILES string of the molecule is Cc1cc(N(C)C)c2cc(Cl)cc(C(N)=S)c2n1. The summed E-state index contributed by atoms with van der Waals surface area (Å²) in [5, 5.41) is 1.57. The predicted molar refractivity (Wildman–Crippen MR) is 81.7 cm³/mol. The minimum Gasteiger partial charge on any atom is -0.389 e. The highest BCUT2D eigenvalue weighted by Crippen LogP contribution is 2.30. The summed E-state index contributed by atoms with van der Waals surface area (Å²) in [7, 11) is 3.96. The zero-order valence-electron chi connectivity index (χ0n) is 10.5. The van der Waals surface area contributed by atoms with E-state index >= 15 is 0 Å². The zero-order valence-corrected chi connectivity index (χ0v) is 12.1. The molecule has 1 heterocycles. The Morgan fingerprint density at radius 2 is 2.00 bits per heavy atom. The number of halogens is 1. The van der Waals surface area contributed by atoms with Gasteiger partial charge in [0.25, 0.3) is 0 Å². The fraction of sp³-hybridized carbons (Fsp3) is 0.231. The summed E-state index contributed by atoms with van der Waals surface area (Å²) in [5.74, 6) is 0. The zero-order chi connectivity index (χ0) is 13.4. The Kier molecular flexibility index (Phi) is 3.41. The number of aryl methyl sites for hydroxylation is 1. The molecule has 0 amide bonds. The van der Waals surface area contributed by atoms with E-state index in [2.05, 4.69) is 4.98 Å². The Morgan fingerprint density at radius 3 is 2.56 bits per heavy atom. The molecular formula is C13H14ClN3S. The van der Waals surface area contributed by atoms with Crippen molar-refractivity contribution in [1.29, 1.82) is 0 Å². The quantitative estimate of drug-likeness (QED) is 0.859. The van der Waals surface area contributed by atoms with Crippen LogP contribution in [-0.2, 0) is 0 Å². The number of benzene rings is 1. The number of aromatic nitrogens is 1. The summed E-state index contributed by atoms with van der Waals surface area (Å²) in [6.07, 6.45) is 0. The molecule has 94 valence electrons. The largest absolute Gasteiger partial charge is 0.389 e. The van der Waals surface area contributed by atoms with Gasteiger partial charge in [-0.3, -0.25) is 4.98 Å². The van der Waals surface area contributed by atoms with E-state index < -0.39 is 0 Å². The molecule has 0 aliphatic rings. The first kappa shape index (κ1) is 13.1. The second-order valence-electron chi connectivity index (χ2n) is 4.39. The molecule has 5 heteroatoms. The van der Waals surface area contributed by atoms with E-state index in [1.54, 1.807) is 6.07 Å². The maximum absolute atomic E-state index is 6.12. The van der Waals surface area contributed by atoms with Crippen LogP contribution >= 0.6 is 23.8 Å². The van der Waals surface area contributed by atoms with Crippen LogP contribution < -0.4 is 10.6 Å². The number of rotatable bonds is 2. The van der Waals surface area contributed by atoms with Crippen molar-refractivity contribution in [2.24, 2.45) is 5.73 Å². The van der Waals surface area contributed by atoms with Crippen LogP contribution in [0.25, 0.3) is 10.9 Å². The van der Waals surface area contributed by atoms with Crippen LogP contribution in [0.2, 0.25) is 5.02 Å². The average Bonchev–Trinajstić information content (AvgIpc) is 2.27. The second kappa shape index (κ2) is 4.71. The summed E-state index contributed by atoms with van der Waals surface area (Å²) in [6, 6.07) is 5.67. The Balaban J connectivity index is 2.94. The van der Waals surface area contributed by atoms with Crippen LogP contribution in [0.1, 0.15) is 11.3 Å². The van der Waals surface area contributed by atoms with E-state index in [0.29, 0.717) is 10.0 Å². The molecule has 3 nitrogen and oxygen atoms in total. The van der Waals surface area contributed by atoms with Crippen molar-refractivity contribution in [2.75, 3.05) is 19.0 Å². The van der Waals surface area contributed by atoms with E-state index in [4.69, 9.17) is 29.6 Å². The van der Waals surface area contributed by atoms with Gasteiger partial charge in [-0.25, -0.2) is 0 Å². The fourth-order valence-corrected chi connectivity index (χ4v) is 2.33. The third-order valence-corrected chi connectivity index (χ3v) is 3.17. The highest BCUT2D eigenvalue weighted by atomic mass is 35.5. The molecule has 0 atom stereocenters. The number of hydrogen-bond acceptors (Lipinski definition) is 3. The molecule has 18 heavy (non-hydrogen) atoms. The summed E-state index contributed by atoms with van der Waals surface area (Å²) in [4.78, 5) is 6.86. The number of thiocarbonyl (C=S) groups is 1. The maximum atomic E-state index is 6.12. The molecule has 0 aliphatic carbocycles. The topological polar surface area (TPSA) is 42.1 Å². The number of hydrogen-bond donors (Lipinski definition) is 1. The Bertz CT molecular complexity index is 638. The van der Waals surface area contributed by atoms with Crippen LogP contribution in [0, 0.1) is 6.92 Å². The standard InChI is InChI=1S/C13H14ClN3S/c1-7-4-11(17(2)3)9-5-8(14)6-10(13(15)18)12(9)16-7/h4-6H,1-3H3,(H2,15,18). The first-order chi connectivity index (χ1) is 8.40. The molecule has 2 N–H and O–H groups in total. The summed E-state index contributed by atoms with van der Waals surface area (Å²) in [6.45, 7) is 1.95. The number of anilines is 1. The molecule has 0 saturated heterocycles. The van der Waals surface area contributed by atoms with Crippen LogP contribution in [0.15, 0.2) is 18.2 Å². The molecule has 0 saturated carbocycles. The lowest BCUT2D eigenvalue weighted by molar-refractivity contribution is 1.12. The van der Waals surface area contributed by atoms with Crippen molar-refractivity contribution in [2.45, 2.75) is 6.92 Å². The van der Waals surface area contributed by atoms with Crippen LogP contribution in [0.3, 0.4) is 0 Å². The summed E-state index contributed by atoms with van der Waals surface area (Å²) in [5.41, 5.74) is 9.24. The molecule has 2 rings (SSSR count). The van der Waals surface area contributed by atoms with Gasteiger partial charge in [0.2, 0.25) is 0 Å². The lowest BCUT2D eigenvalue weighted by atomic mass is 10.1. The van der Waals surface area contributed by atoms with E-state index in [0.717, 1.165) is 27.8 Å². The Morgan fingerprint density at radius 1 is 1.33 bits per heavy atom. The van der Waals surface area contributed by atoms with Crippen molar-refractivity contribution >= 4 is 45.4 Å². The van der Waals surface area contributed by atoms with Gasteiger partial charge in [-0.1, -0.05) is 23.8 Å². The van der Waals surface area contributed by atoms with Gasteiger partial charge < -0.3 is 10.6 Å². The number of nitrogens with two attached hydrogens (primary N) is 1. The summed E-state index contributed by atoms with van der Waals surface area (Å²) >= 11 is 11.2. The highest BCUT2D eigenvalue weighted by Gasteiger charge is 2.12. The average molecular weight is 280 g/mol. The van der Waals surface area contributed by atoms with Gasteiger partial charge in [-0.15, -0.1) is 0 Å². The minimum atomic E-state index is 0.310. The Hall–Kier alpha value is -1.39. The van der Waals surface area contributed by atoms with Crippen LogP contribution in [0.5, 0.6) is 0 Å². The van der Waals surface area contributed by atoms with E-state index in [9.17, 15) is 0 Å². The first-order valence-corrected chi connectivity index (χ1v) is 6.27. The molecule has 0 bridgehead atoms. The van der Waals surface area contributed by atoms with E-state index in [1.807, 2.05) is 38.1 Å². The lowest BCUT2D eigenvalue weighted by Gasteiger charge is -2.17. The Labute approximate surface area is 117 Å². The minimum absolute atomic E-state index is 0.310. The van der Waals surface area contributed by atoms with Gasteiger partial charge in [-0.2, -0.15) is 0 Å². The van der Waals surface area contributed by atoms with Crippen molar-refractivity contribution in [3.05, 3.63) is 34.5 Å². The first-order valence-electron chi connectivity index (χ1n) is 5.48. The number of nitrogens with zero attached hydrogens (tertiary/aromatic N) is 2. The maximum Gasteiger partial charge on any atom is 0.106 e. The number of pyridine rings is 1. The molecule has 1 aromatic carbocycles. The predicted octanol–water partition coefficient (Wildman–Crippen LogP) is 2.90. The molecule has 0 unspecified atom stereocenters. The smallest absolute Gasteiger partial charge is 0.106 e. The molecule has 0 spiro atoms. The van der Waals surface area contributed by atoms with Gasteiger partial charge in [0.15, 0.2) is 0 Å². The number of fused-ring (bicyclic) bond motifs is 1. The van der Waals surface area contributed by atoms with Crippen LogP contribution in [-0.4, -0.2) is 24.1 Å². The van der Waals surface area contributed by atoms with Gasteiger partial charge in [0.1, 0.15) is 4.99 Å². The normalized spacial score (nSPS) is 10.7. The monoisotopic (exact) mass is 279 g/mol. The van der Waals surface area contributed by atoms with Crippen molar-refractivity contribution in [1.82, 2.24) is 4.98 Å². The van der Waals surface area contributed by atoms with Crippen molar-refractivity contribution < 1.29 is 0 Å². The third kappa shape index (κ3) is 2.26. The van der Waals surface area contributed by atoms with E-state index in [-0.39, 0.29) is 0 Å². The third-order valence-electron chi connectivity index (χ3n) is 2.73. The molecule has 0 fully saturated rings. The van der Waals surface area contributed by atoms with Crippen LogP contribution in [0.4, 0.5) is 5.69 Å². The van der Waals surface area contributed by atoms with Gasteiger partial charge >= 0.3 is 0 Å².